The maximum Gasteiger partial charge on any atom is 0.341 e. The van der Waals surface area contributed by atoms with Gasteiger partial charge in [0.25, 0.3) is 0 Å². The molecule has 0 aliphatic carbocycles. The van der Waals surface area contributed by atoms with Crippen molar-refractivity contribution in [3.63, 3.8) is 0 Å². The van der Waals surface area contributed by atoms with Crippen LogP contribution >= 0.6 is 0 Å². The van der Waals surface area contributed by atoms with Crippen molar-refractivity contribution in [2.75, 3.05) is 6.61 Å². The maximum atomic E-state index is 11.2. The molecule has 0 bridgehead atoms. The molecule has 0 aromatic carbocycles. The molecule has 0 saturated heterocycles. The summed E-state index contributed by atoms with van der Waals surface area (Å²) in [6.45, 7) is 5.99. The highest BCUT2D eigenvalue weighted by molar-refractivity contribution is 5.92. The Morgan fingerprint density at radius 3 is 2.38 bits per heavy atom. The summed E-state index contributed by atoms with van der Waals surface area (Å²) in [5, 5.41) is 17.0. The number of aromatic carboxylic acids is 1. The van der Waals surface area contributed by atoms with Crippen LogP contribution in [0.3, 0.4) is 0 Å². The van der Waals surface area contributed by atoms with E-state index in [1.54, 1.807) is 6.92 Å². The van der Waals surface area contributed by atoms with Crippen molar-refractivity contribution in [2.24, 2.45) is 0 Å². The van der Waals surface area contributed by atoms with E-state index in [0.29, 0.717) is 25.0 Å². The zero-order valence-corrected chi connectivity index (χ0v) is 9.78. The Hall–Kier alpha value is -1.65. The van der Waals surface area contributed by atoms with Gasteiger partial charge >= 0.3 is 5.97 Å². The van der Waals surface area contributed by atoms with E-state index in [1.807, 2.05) is 13.8 Å². The van der Waals surface area contributed by atoms with Crippen LogP contribution in [0.15, 0.2) is 0 Å². The van der Waals surface area contributed by atoms with E-state index >= 15 is 0 Å². The SMILES string of the molecule is CCOc1nnc(CC)c(CC)c1C(=O)O. The van der Waals surface area contributed by atoms with E-state index in [2.05, 4.69) is 10.2 Å². The molecule has 1 aromatic rings. The number of hydrogen-bond donors (Lipinski definition) is 1. The molecule has 0 radical (unpaired) electrons. The molecule has 0 spiro atoms. The summed E-state index contributed by atoms with van der Waals surface area (Å²) in [6, 6.07) is 0. The van der Waals surface area contributed by atoms with Crippen LogP contribution in [0.5, 0.6) is 5.88 Å². The van der Waals surface area contributed by atoms with Crippen molar-refractivity contribution >= 4 is 5.97 Å². The Morgan fingerprint density at radius 2 is 1.94 bits per heavy atom. The van der Waals surface area contributed by atoms with Crippen molar-refractivity contribution in [1.29, 1.82) is 0 Å². The molecule has 16 heavy (non-hydrogen) atoms. The molecule has 0 saturated carbocycles. The second kappa shape index (κ2) is 5.44. The highest BCUT2D eigenvalue weighted by Crippen LogP contribution is 2.22. The van der Waals surface area contributed by atoms with E-state index in [1.165, 1.54) is 0 Å². The number of hydrogen-bond acceptors (Lipinski definition) is 4. The summed E-state index contributed by atoms with van der Waals surface area (Å²) in [5.41, 5.74) is 1.59. The van der Waals surface area contributed by atoms with Gasteiger partial charge in [-0.15, -0.1) is 5.10 Å². The molecule has 1 heterocycles. The van der Waals surface area contributed by atoms with Crippen LogP contribution < -0.4 is 4.74 Å². The lowest BCUT2D eigenvalue weighted by atomic mass is 10.0. The highest BCUT2D eigenvalue weighted by Gasteiger charge is 2.20. The molecular formula is C11H16N2O3. The molecule has 0 aliphatic heterocycles. The van der Waals surface area contributed by atoms with Crippen LogP contribution in [-0.4, -0.2) is 27.9 Å². The third-order valence-electron chi connectivity index (χ3n) is 2.31. The van der Waals surface area contributed by atoms with Gasteiger partial charge in [-0.2, -0.15) is 5.10 Å². The lowest BCUT2D eigenvalue weighted by Crippen LogP contribution is -2.13. The van der Waals surface area contributed by atoms with Crippen LogP contribution in [-0.2, 0) is 12.8 Å². The first-order chi connectivity index (χ1) is 7.65. The Kier molecular flexibility index (Phi) is 4.22. The van der Waals surface area contributed by atoms with Gasteiger partial charge in [0.1, 0.15) is 5.56 Å². The monoisotopic (exact) mass is 224 g/mol. The Balaban J connectivity index is 3.37. The van der Waals surface area contributed by atoms with Crippen LogP contribution in [0.1, 0.15) is 42.4 Å². The number of rotatable bonds is 5. The second-order valence-electron chi connectivity index (χ2n) is 3.25. The number of carboxylic acids is 1. The van der Waals surface area contributed by atoms with Gasteiger partial charge in [-0.05, 0) is 25.3 Å². The topological polar surface area (TPSA) is 72.3 Å². The zero-order chi connectivity index (χ0) is 12.1. The molecule has 88 valence electrons. The normalized spacial score (nSPS) is 10.2. The van der Waals surface area contributed by atoms with Crippen LogP contribution in [0.2, 0.25) is 0 Å². The van der Waals surface area contributed by atoms with E-state index in [0.717, 1.165) is 5.69 Å². The minimum Gasteiger partial charge on any atom is -0.477 e. The molecule has 1 aromatic heterocycles. The van der Waals surface area contributed by atoms with Gasteiger partial charge in [0.05, 0.1) is 12.3 Å². The number of nitrogens with zero attached hydrogens (tertiary/aromatic N) is 2. The predicted molar refractivity (Wildman–Crippen MR) is 58.9 cm³/mol. The van der Waals surface area contributed by atoms with Crippen molar-refractivity contribution < 1.29 is 14.6 Å². The maximum absolute atomic E-state index is 11.2. The number of carbonyl (C=O) groups is 1. The lowest BCUT2D eigenvalue weighted by molar-refractivity contribution is 0.0689. The average Bonchev–Trinajstić information content (AvgIpc) is 2.28. The van der Waals surface area contributed by atoms with E-state index in [4.69, 9.17) is 4.74 Å². The van der Waals surface area contributed by atoms with Crippen molar-refractivity contribution in [2.45, 2.75) is 33.6 Å². The summed E-state index contributed by atoms with van der Waals surface area (Å²) in [5.74, 6) is -0.894. The molecule has 0 amide bonds. The summed E-state index contributed by atoms with van der Waals surface area (Å²) >= 11 is 0. The molecule has 5 heteroatoms. The Morgan fingerprint density at radius 1 is 1.25 bits per heavy atom. The number of aryl methyl sites for hydroxylation is 1. The lowest BCUT2D eigenvalue weighted by Gasteiger charge is -2.11. The first kappa shape index (κ1) is 12.4. The molecule has 0 aliphatic rings. The fraction of sp³-hybridized carbons (Fsp3) is 0.545. The molecule has 1 rings (SSSR count). The number of ether oxygens (including phenoxy) is 1. The fourth-order valence-corrected chi connectivity index (χ4v) is 1.61. The Labute approximate surface area is 94.5 Å². The largest absolute Gasteiger partial charge is 0.477 e. The molecular weight excluding hydrogens is 208 g/mol. The van der Waals surface area contributed by atoms with Crippen molar-refractivity contribution in [3.8, 4) is 5.88 Å². The van der Waals surface area contributed by atoms with Gasteiger partial charge in [0, 0.05) is 0 Å². The van der Waals surface area contributed by atoms with E-state index < -0.39 is 5.97 Å². The molecule has 0 fully saturated rings. The summed E-state index contributed by atoms with van der Waals surface area (Å²) < 4.78 is 5.19. The van der Waals surface area contributed by atoms with Gasteiger partial charge in [-0.25, -0.2) is 4.79 Å². The zero-order valence-electron chi connectivity index (χ0n) is 9.78. The molecule has 0 atom stereocenters. The van der Waals surface area contributed by atoms with Gasteiger partial charge in [-0.1, -0.05) is 13.8 Å². The predicted octanol–water partition coefficient (Wildman–Crippen LogP) is 1.70. The van der Waals surface area contributed by atoms with Crippen LogP contribution in [0.25, 0.3) is 0 Å². The molecule has 0 unspecified atom stereocenters. The van der Waals surface area contributed by atoms with E-state index in [-0.39, 0.29) is 11.4 Å². The van der Waals surface area contributed by atoms with Gasteiger partial charge in [0.2, 0.25) is 5.88 Å². The van der Waals surface area contributed by atoms with Crippen LogP contribution in [0.4, 0.5) is 0 Å². The van der Waals surface area contributed by atoms with Crippen LogP contribution in [0, 0.1) is 0 Å². The smallest absolute Gasteiger partial charge is 0.341 e. The third-order valence-corrected chi connectivity index (χ3v) is 2.31. The van der Waals surface area contributed by atoms with Crippen molar-refractivity contribution in [1.82, 2.24) is 10.2 Å². The minimum absolute atomic E-state index is 0.115. The first-order valence-corrected chi connectivity index (χ1v) is 5.40. The highest BCUT2D eigenvalue weighted by atomic mass is 16.5. The minimum atomic E-state index is -1.01. The summed E-state index contributed by atoms with van der Waals surface area (Å²) in [6.07, 6.45) is 1.28. The number of carboxylic acid groups (broad SMARTS) is 1. The number of aromatic nitrogens is 2. The molecule has 5 nitrogen and oxygen atoms in total. The standard InChI is InChI=1S/C11H16N2O3/c1-4-7-8(5-2)12-13-10(16-6-3)9(7)11(14)15/h4-6H2,1-3H3,(H,14,15). The van der Waals surface area contributed by atoms with Gasteiger partial charge < -0.3 is 9.84 Å². The average molecular weight is 224 g/mol. The summed E-state index contributed by atoms with van der Waals surface area (Å²) in [7, 11) is 0. The van der Waals surface area contributed by atoms with Gasteiger partial charge in [0.15, 0.2) is 0 Å². The summed E-state index contributed by atoms with van der Waals surface area (Å²) in [4.78, 5) is 11.2. The first-order valence-electron chi connectivity index (χ1n) is 5.40. The molecule has 1 N–H and O–H groups in total. The second-order valence-corrected chi connectivity index (χ2v) is 3.25. The quantitative estimate of drug-likeness (QED) is 0.824. The van der Waals surface area contributed by atoms with E-state index in [9.17, 15) is 9.90 Å². The van der Waals surface area contributed by atoms with Crippen molar-refractivity contribution in [3.05, 3.63) is 16.8 Å². The fourth-order valence-electron chi connectivity index (χ4n) is 1.61. The third kappa shape index (κ3) is 2.29. The van der Waals surface area contributed by atoms with Gasteiger partial charge in [-0.3, -0.25) is 0 Å². The Bertz CT molecular complexity index is 391.